The van der Waals surface area contributed by atoms with Crippen molar-refractivity contribution in [1.29, 1.82) is 0 Å². The van der Waals surface area contributed by atoms with Gasteiger partial charge in [0, 0.05) is 18.7 Å². The summed E-state index contributed by atoms with van der Waals surface area (Å²) >= 11 is 7.61. The number of rotatable bonds is 5. The fourth-order valence-electron chi connectivity index (χ4n) is 2.99. The smallest absolute Gasteiger partial charge is 0.264 e. The van der Waals surface area contributed by atoms with E-state index in [1.54, 1.807) is 23.1 Å². The molecule has 1 atom stereocenters. The van der Waals surface area contributed by atoms with Crippen LogP contribution in [-0.2, 0) is 4.79 Å². The van der Waals surface area contributed by atoms with E-state index >= 15 is 0 Å². The molecule has 0 bridgehead atoms. The Morgan fingerprint density at radius 1 is 1.27 bits per heavy atom. The summed E-state index contributed by atoms with van der Waals surface area (Å²) in [5.74, 6) is 0.564. The molecule has 138 valence electrons. The number of carbonyl (C=O) groups excluding carboxylic acids is 2. The summed E-state index contributed by atoms with van der Waals surface area (Å²) in [6.07, 6.45) is 1.41. The first kappa shape index (κ1) is 18.5. The Hall–Kier alpha value is -2.25. The van der Waals surface area contributed by atoms with Crippen molar-refractivity contribution in [2.75, 3.05) is 26.1 Å². The first-order chi connectivity index (χ1) is 12.5. The van der Waals surface area contributed by atoms with E-state index in [9.17, 15) is 9.59 Å². The Labute approximate surface area is 160 Å². The number of thiophene rings is 1. The van der Waals surface area contributed by atoms with Crippen molar-refractivity contribution in [1.82, 2.24) is 4.90 Å². The number of anilines is 1. The highest BCUT2D eigenvalue weighted by atomic mass is 35.5. The molecular weight excluding hydrogens is 376 g/mol. The predicted octanol–water partition coefficient (Wildman–Crippen LogP) is 3.66. The van der Waals surface area contributed by atoms with Gasteiger partial charge in [-0.15, -0.1) is 11.3 Å². The van der Waals surface area contributed by atoms with Crippen molar-refractivity contribution < 1.29 is 19.1 Å². The number of benzene rings is 1. The summed E-state index contributed by atoms with van der Waals surface area (Å²) in [4.78, 5) is 27.6. The van der Waals surface area contributed by atoms with Gasteiger partial charge in [-0.3, -0.25) is 9.59 Å². The molecule has 0 unspecified atom stereocenters. The van der Waals surface area contributed by atoms with Crippen molar-refractivity contribution >= 4 is 40.4 Å². The largest absolute Gasteiger partial charge is 0.493 e. The Balaban J connectivity index is 1.78. The monoisotopic (exact) mass is 394 g/mol. The Morgan fingerprint density at radius 3 is 2.65 bits per heavy atom. The van der Waals surface area contributed by atoms with Gasteiger partial charge < -0.3 is 19.7 Å². The molecule has 6 nitrogen and oxygen atoms in total. The number of ether oxygens (including phenoxy) is 2. The first-order valence-electron chi connectivity index (χ1n) is 8.12. The van der Waals surface area contributed by atoms with E-state index < -0.39 is 6.04 Å². The minimum absolute atomic E-state index is 0.115. The second-order valence-corrected chi connectivity index (χ2v) is 7.17. The average Bonchev–Trinajstić information content (AvgIpc) is 3.34. The number of nitrogens with zero attached hydrogens (tertiary/aromatic N) is 1. The zero-order valence-corrected chi connectivity index (χ0v) is 16.0. The lowest BCUT2D eigenvalue weighted by atomic mass is 10.2. The number of nitrogens with one attached hydrogen (secondary N) is 1. The molecule has 0 spiro atoms. The van der Waals surface area contributed by atoms with Gasteiger partial charge in [0.05, 0.1) is 29.8 Å². The molecule has 1 N–H and O–H groups in total. The number of halogens is 1. The quantitative estimate of drug-likeness (QED) is 0.840. The molecule has 0 saturated carbocycles. The van der Waals surface area contributed by atoms with Crippen LogP contribution in [-0.4, -0.2) is 43.5 Å². The first-order valence-corrected chi connectivity index (χ1v) is 9.37. The van der Waals surface area contributed by atoms with E-state index in [-0.39, 0.29) is 11.8 Å². The normalized spacial score (nSPS) is 16.4. The van der Waals surface area contributed by atoms with Crippen LogP contribution in [0.4, 0.5) is 5.69 Å². The molecule has 0 aliphatic carbocycles. The third-order valence-corrected chi connectivity index (χ3v) is 5.45. The highest BCUT2D eigenvalue weighted by molar-refractivity contribution is 7.12. The maximum atomic E-state index is 12.8. The second-order valence-electron chi connectivity index (χ2n) is 5.81. The molecule has 2 amide bonds. The fraction of sp³-hybridized carbons (Fsp3) is 0.333. The molecule has 1 aromatic carbocycles. The van der Waals surface area contributed by atoms with Gasteiger partial charge in [0.2, 0.25) is 5.91 Å². The van der Waals surface area contributed by atoms with Crippen LogP contribution in [0.1, 0.15) is 22.5 Å². The standard InChI is InChI=1S/C18H19ClN2O4S/c1-24-14-9-11(19)12(10-15(14)25-2)20-17(22)13-5-3-7-21(13)18(23)16-6-4-8-26-16/h4,6,8-10,13H,3,5,7H2,1-2H3,(H,20,22)/t13-/m0/s1. The van der Waals surface area contributed by atoms with Crippen molar-refractivity contribution in [2.24, 2.45) is 0 Å². The average molecular weight is 395 g/mol. The molecule has 0 radical (unpaired) electrons. The third kappa shape index (κ3) is 3.64. The molecular formula is C18H19ClN2O4S. The minimum Gasteiger partial charge on any atom is -0.493 e. The van der Waals surface area contributed by atoms with E-state index in [4.69, 9.17) is 21.1 Å². The van der Waals surface area contributed by atoms with Crippen LogP contribution >= 0.6 is 22.9 Å². The van der Waals surface area contributed by atoms with Gasteiger partial charge in [-0.05, 0) is 24.3 Å². The Bertz CT molecular complexity index is 810. The highest BCUT2D eigenvalue weighted by Gasteiger charge is 2.35. The SMILES string of the molecule is COc1cc(Cl)c(NC(=O)[C@@H]2CCCN2C(=O)c2cccs2)cc1OC. The van der Waals surface area contributed by atoms with E-state index in [2.05, 4.69) is 5.32 Å². The van der Waals surface area contributed by atoms with E-state index in [0.29, 0.717) is 40.1 Å². The molecule has 1 aliphatic heterocycles. The number of amides is 2. The Morgan fingerprint density at radius 2 is 2.00 bits per heavy atom. The van der Waals surface area contributed by atoms with Crippen molar-refractivity contribution in [3.8, 4) is 11.5 Å². The minimum atomic E-state index is -0.520. The maximum absolute atomic E-state index is 12.8. The number of methoxy groups -OCH3 is 2. The lowest BCUT2D eigenvalue weighted by Gasteiger charge is -2.24. The van der Waals surface area contributed by atoms with Gasteiger partial charge >= 0.3 is 0 Å². The highest BCUT2D eigenvalue weighted by Crippen LogP contribution is 2.36. The molecule has 8 heteroatoms. The van der Waals surface area contributed by atoms with E-state index in [1.807, 2.05) is 11.4 Å². The van der Waals surface area contributed by atoms with Crippen LogP contribution in [0, 0.1) is 0 Å². The van der Waals surface area contributed by atoms with Gasteiger partial charge in [0.15, 0.2) is 11.5 Å². The summed E-state index contributed by atoms with van der Waals surface area (Å²) in [7, 11) is 3.02. The van der Waals surface area contributed by atoms with Crippen LogP contribution in [0.3, 0.4) is 0 Å². The third-order valence-electron chi connectivity index (χ3n) is 4.28. The predicted molar refractivity (Wildman–Crippen MR) is 102 cm³/mol. The van der Waals surface area contributed by atoms with Crippen LogP contribution in [0.2, 0.25) is 5.02 Å². The zero-order chi connectivity index (χ0) is 18.7. The molecule has 3 rings (SSSR count). The van der Waals surface area contributed by atoms with Crippen molar-refractivity contribution in [3.05, 3.63) is 39.5 Å². The molecule has 2 aromatic rings. The van der Waals surface area contributed by atoms with Crippen molar-refractivity contribution in [2.45, 2.75) is 18.9 Å². The summed E-state index contributed by atoms with van der Waals surface area (Å²) < 4.78 is 10.4. The summed E-state index contributed by atoms with van der Waals surface area (Å²) in [6.45, 7) is 0.564. The summed E-state index contributed by atoms with van der Waals surface area (Å²) in [5, 5.41) is 5.00. The number of hydrogen-bond donors (Lipinski definition) is 1. The van der Waals surface area contributed by atoms with Crippen LogP contribution < -0.4 is 14.8 Å². The van der Waals surface area contributed by atoms with Crippen LogP contribution in [0.15, 0.2) is 29.6 Å². The summed E-state index contributed by atoms with van der Waals surface area (Å²) in [6, 6.07) is 6.27. The Kier molecular flexibility index (Phi) is 5.68. The van der Waals surface area contributed by atoms with Gasteiger partial charge in [0.1, 0.15) is 6.04 Å². The maximum Gasteiger partial charge on any atom is 0.264 e. The molecule has 1 aromatic heterocycles. The molecule has 26 heavy (non-hydrogen) atoms. The summed E-state index contributed by atoms with van der Waals surface area (Å²) in [5.41, 5.74) is 0.421. The molecule has 1 fully saturated rings. The van der Waals surface area contributed by atoms with Gasteiger partial charge in [-0.25, -0.2) is 0 Å². The second kappa shape index (κ2) is 7.97. The number of likely N-dealkylation sites (tertiary alicyclic amines) is 1. The topological polar surface area (TPSA) is 67.9 Å². The van der Waals surface area contributed by atoms with Gasteiger partial charge in [-0.1, -0.05) is 17.7 Å². The molecule has 1 aliphatic rings. The lowest BCUT2D eigenvalue weighted by Crippen LogP contribution is -2.43. The van der Waals surface area contributed by atoms with Crippen LogP contribution in [0.5, 0.6) is 11.5 Å². The van der Waals surface area contributed by atoms with E-state index in [0.717, 1.165) is 6.42 Å². The van der Waals surface area contributed by atoms with Crippen LogP contribution in [0.25, 0.3) is 0 Å². The fourth-order valence-corrected chi connectivity index (χ4v) is 3.87. The number of hydrogen-bond acceptors (Lipinski definition) is 5. The van der Waals surface area contributed by atoms with Gasteiger partial charge in [0.25, 0.3) is 5.91 Å². The van der Waals surface area contributed by atoms with Crippen molar-refractivity contribution in [3.63, 3.8) is 0 Å². The van der Waals surface area contributed by atoms with E-state index in [1.165, 1.54) is 25.6 Å². The van der Waals surface area contributed by atoms with Gasteiger partial charge in [-0.2, -0.15) is 0 Å². The lowest BCUT2D eigenvalue weighted by molar-refractivity contribution is -0.119. The number of carbonyl (C=O) groups is 2. The molecule has 2 heterocycles. The zero-order valence-electron chi connectivity index (χ0n) is 14.5. The molecule has 1 saturated heterocycles.